The highest BCUT2D eigenvalue weighted by Crippen LogP contribution is 2.25. The van der Waals surface area contributed by atoms with Gasteiger partial charge in [0.05, 0.1) is 11.3 Å². The molecule has 3 nitrogen and oxygen atoms in total. The Balaban J connectivity index is 2.08. The highest BCUT2D eigenvalue weighted by Gasteiger charge is 2.14. The number of nitrogens with zero attached hydrogens (tertiary/aromatic N) is 1. The van der Waals surface area contributed by atoms with Gasteiger partial charge in [0.15, 0.2) is 5.78 Å². The van der Waals surface area contributed by atoms with E-state index in [1.165, 1.54) is 22.7 Å². The molecule has 0 unspecified atom stereocenters. The van der Waals surface area contributed by atoms with E-state index in [0.29, 0.717) is 6.54 Å². The van der Waals surface area contributed by atoms with Crippen molar-refractivity contribution in [2.24, 2.45) is 0 Å². The molecular weight excluding hydrogens is 256 g/mol. The number of anilines is 1. The van der Waals surface area contributed by atoms with Crippen molar-refractivity contribution in [1.82, 2.24) is 4.37 Å². The van der Waals surface area contributed by atoms with E-state index in [-0.39, 0.29) is 5.78 Å². The molecule has 0 atom stereocenters. The zero-order valence-electron chi connectivity index (χ0n) is 11.5. The molecule has 1 aromatic heterocycles. The molecule has 100 valence electrons. The summed E-state index contributed by atoms with van der Waals surface area (Å²) in [6.45, 7) is 6.31. The van der Waals surface area contributed by atoms with Gasteiger partial charge in [-0.1, -0.05) is 31.2 Å². The van der Waals surface area contributed by atoms with Crippen LogP contribution < -0.4 is 5.32 Å². The van der Waals surface area contributed by atoms with Crippen LogP contribution in [0.3, 0.4) is 0 Å². The van der Waals surface area contributed by atoms with Crippen LogP contribution in [0, 0.1) is 6.92 Å². The Kier molecular flexibility index (Phi) is 4.32. The molecule has 2 rings (SSSR count). The third kappa shape index (κ3) is 3.20. The fourth-order valence-corrected chi connectivity index (χ4v) is 2.82. The van der Waals surface area contributed by atoms with Crippen molar-refractivity contribution in [3.05, 3.63) is 46.6 Å². The van der Waals surface area contributed by atoms with Gasteiger partial charge in [-0.25, -0.2) is 0 Å². The predicted octanol–water partition coefficient (Wildman–Crippen LogP) is 3.83. The summed E-state index contributed by atoms with van der Waals surface area (Å²) in [7, 11) is 0. The van der Waals surface area contributed by atoms with Gasteiger partial charge in [0.25, 0.3) is 0 Å². The molecule has 0 aliphatic carbocycles. The van der Waals surface area contributed by atoms with Crippen LogP contribution in [-0.4, -0.2) is 10.2 Å². The predicted molar refractivity (Wildman–Crippen MR) is 80.0 cm³/mol. The van der Waals surface area contributed by atoms with E-state index < -0.39 is 0 Å². The fraction of sp³-hybridized carbons (Fsp3) is 0.333. The Morgan fingerprint density at radius 3 is 2.47 bits per heavy atom. The molecule has 19 heavy (non-hydrogen) atoms. The van der Waals surface area contributed by atoms with Gasteiger partial charge in [0.1, 0.15) is 5.00 Å². The van der Waals surface area contributed by atoms with Crippen LogP contribution in [0.25, 0.3) is 0 Å². The SMILES string of the molecule is CCc1ccc(CNc2snc(C)c2C(C)=O)cc1. The third-order valence-electron chi connectivity index (χ3n) is 3.10. The lowest BCUT2D eigenvalue weighted by molar-refractivity contribution is 0.101. The highest BCUT2D eigenvalue weighted by atomic mass is 32.1. The number of aryl methyl sites for hydroxylation is 2. The largest absolute Gasteiger partial charge is 0.371 e. The van der Waals surface area contributed by atoms with Crippen molar-refractivity contribution in [3.8, 4) is 0 Å². The maximum absolute atomic E-state index is 11.6. The van der Waals surface area contributed by atoms with Crippen LogP contribution >= 0.6 is 11.5 Å². The van der Waals surface area contributed by atoms with Gasteiger partial charge in [0, 0.05) is 6.54 Å². The summed E-state index contributed by atoms with van der Waals surface area (Å²) in [5, 5.41) is 4.17. The maximum Gasteiger partial charge on any atom is 0.164 e. The second kappa shape index (κ2) is 5.97. The summed E-state index contributed by atoms with van der Waals surface area (Å²) in [6.07, 6.45) is 1.05. The standard InChI is InChI=1S/C15H18N2OS/c1-4-12-5-7-13(8-6-12)9-16-15-14(11(3)18)10(2)17-19-15/h5-8,16H,4,9H2,1-3H3. The molecule has 2 aromatic rings. The maximum atomic E-state index is 11.6. The molecule has 0 saturated carbocycles. The number of benzene rings is 1. The minimum atomic E-state index is 0.0649. The van der Waals surface area contributed by atoms with Gasteiger partial charge in [0.2, 0.25) is 0 Å². The first-order valence-electron chi connectivity index (χ1n) is 6.40. The lowest BCUT2D eigenvalue weighted by Gasteiger charge is -2.06. The van der Waals surface area contributed by atoms with Crippen molar-refractivity contribution >= 4 is 22.3 Å². The summed E-state index contributed by atoms with van der Waals surface area (Å²) in [5.41, 5.74) is 4.07. The summed E-state index contributed by atoms with van der Waals surface area (Å²) in [6, 6.07) is 8.52. The first-order valence-corrected chi connectivity index (χ1v) is 7.18. The van der Waals surface area contributed by atoms with Crippen LogP contribution in [-0.2, 0) is 13.0 Å². The lowest BCUT2D eigenvalue weighted by Crippen LogP contribution is -2.03. The molecule has 1 heterocycles. The summed E-state index contributed by atoms with van der Waals surface area (Å²) >= 11 is 1.35. The number of hydrogen-bond acceptors (Lipinski definition) is 4. The Hall–Kier alpha value is -1.68. The molecule has 0 saturated heterocycles. The van der Waals surface area contributed by atoms with Crippen molar-refractivity contribution in [2.75, 3.05) is 5.32 Å². The Morgan fingerprint density at radius 1 is 1.26 bits per heavy atom. The van der Waals surface area contributed by atoms with Gasteiger partial charge in [-0.05, 0) is 42.9 Å². The molecule has 4 heteroatoms. The molecule has 1 aromatic carbocycles. The van der Waals surface area contributed by atoms with Crippen LogP contribution in [0.5, 0.6) is 0 Å². The molecule has 0 bridgehead atoms. The smallest absolute Gasteiger partial charge is 0.164 e. The third-order valence-corrected chi connectivity index (χ3v) is 4.00. The van der Waals surface area contributed by atoms with Crippen LogP contribution in [0.4, 0.5) is 5.00 Å². The molecule has 1 N–H and O–H groups in total. The van der Waals surface area contributed by atoms with E-state index in [1.54, 1.807) is 6.92 Å². The highest BCUT2D eigenvalue weighted by molar-refractivity contribution is 7.10. The summed E-state index contributed by atoms with van der Waals surface area (Å²) in [5.74, 6) is 0.0649. The Labute approximate surface area is 117 Å². The molecule has 0 aliphatic rings. The van der Waals surface area contributed by atoms with E-state index in [2.05, 4.69) is 40.9 Å². The van der Waals surface area contributed by atoms with Crippen LogP contribution in [0.15, 0.2) is 24.3 Å². The van der Waals surface area contributed by atoms with Crippen LogP contribution in [0.2, 0.25) is 0 Å². The average Bonchev–Trinajstić information content (AvgIpc) is 2.78. The first kappa shape index (κ1) is 13.7. The lowest BCUT2D eigenvalue weighted by atomic mass is 10.1. The van der Waals surface area contributed by atoms with E-state index in [4.69, 9.17) is 0 Å². The fourth-order valence-electron chi connectivity index (χ4n) is 1.98. The number of nitrogens with one attached hydrogen (secondary N) is 1. The topological polar surface area (TPSA) is 42.0 Å². The molecular formula is C15H18N2OS. The molecule has 0 radical (unpaired) electrons. The van der Waals surface area contributed by atoms with Gasteiger partial charge in [-0.2, -0.15) is 4.37 Å². The van der Waals surface area contributed by atoms with Crippen molar-refractivity contribution in [1.29, 1.82) is 0 Å². The van der Waals surface area contributed by atoms with Crippen molar-refractivity contribution in [2.45, 2.75) is 33.7 Å². The quantitative estimate of drug-likeness (QED) is 0.843. The van der Waals surface area contributed by atoms with E-state index in [0.717, 1.165) is 22.7 Å². The van der Waals surface area contributed by atoms with Crippen molar-refractivity contribution < 1.29 is 4.79 Å². The molecule has 0 spiro atoms. The second-order valence-electron chi connectivity index (χ2n) is 4.55. The van der Waals surface area contributed by atoms with E-state index in [1.807, 2.05) is 6.92 Å². The summed E-state index contributed by atoms with van der Waals surface area (Å²) in [4.78, 5) is 11.6. The van der Waals surface area contributed by atoms with Gasteiger partial charge < -0.3 is 5.32 Å². The summed E-state index contributed by atoms with van der Waals surface area (Å²) < 4.78 is 4.24. The van der Waals surface area contributed by atoms with Gasteiger partial charge in [-0.3, -0.25) is 4.79 Å². The number of Topliss-reactive ketones (excluding diaryl/α,β-unsaturated/α-hetero) is 1. The Morgan fingerprint density at radius 2 is 1.89 bits per heavy atom. The minimum absolute atomic E-state index is 0.0649. The number of carbonyl (C=O) groups excluding carboxylic acids is 1. The Bertz CT molecular complexity index is 572. The molecule has 0 fully saturated rings. The second-order valence-corrected chi connectivity index (χ2v) is 5.33. The average molecular weight is 274 g/mol. The molecule has 0 amide bonds. The minimum Gasteiger partial charge on any atom is -0.371 e. The van der Waals surface area contributed by atoms with E-state index >= 15 is 0 Å². The van der Waals surface area contributed by atoms with Gasteiger partial charge >= 0.3 is 0 Å². The number of carbonyl (C=O) groups is 1. The normalized spacial score (nSPS) is 10.5. The number of rotatable bonds is 5. The number of hydrogen-bond donors (Lipinski definition) is 1. The first-order chi connectivity index (χ1) is 9.11. The monoisotopic (exact) mass is 274 g/mol. The van der Waals surface area contributed by atoms with E-state index in [9.17, 15) is 4.79 Å². The zero-order valence-corrected chi connectivity index (χ0v) is 12.3. The zero-order chi connectivity index (χ0) is 13.8. The van der Waals surface area contributed by atoms with Crippen LogP contribution in [0.1, 0.15) is 41.0 Å². The number of ketones is 1. The number of aromatic nitrogens is 1. The molecule has 0 aliphatic heterocycles. The van der Waals surface area contributed by atoms with Gasteiger partial charge in [-0.15, -0.1) is 0 Å². The van der Waals surface area contributed by atoms with Crippen molar-refractivity contribution in [3.63, 3.8) is 0 Å².